The molecule has 3 N–H and O–H groups in total. The molecular weight excluding hydrogens is 458 g/mol. The number of nitrogens with one attached hydrogen (secondary N) is 2. The predicted molar refractivity (Wildman–Crippen MR) is 128 cm³/mol. The van der Waals surface area contributed by atoms with E-state index in [1.165, 1.54) is 16.5 Å². The highest BCUT2D eigenvalue weighted by Crippen LogP contribution is 2.36. The molecule has 1 saturated carbocycles. The molecule has 0 radical (unpaired) electrons. The van der Waals surface area contributed by atoms with Crippen molar-refractivity contribution in [3.05, 3.63) is 40.2 Å². The van der Waals surface area contributed by atoms with E-state index in [1.54, 1.807) is 19.9 Å². The minimum Gasteiger partial charge on any atom is -0.493 e. The molecule has 34 heavy (non-hydrogen) atoms. The number of aliphatic hydroxyl groups is 1. The van der Waals surface area contributed by atoms with E-state index in [9.17, 15) is 18.3 Å². The number of ether oxygens (including phenoxy) is 1. The van der Waals surface area contributed by atoms with Gasteiger partial charge in [0, 0.05) is 12.0 Å². The highest BCUT2D eigenvalue weighted by Gasteiger charge is 2.26. The van der Waals surface area contributed by atoms with Crippen molar-refractivity contribution in [2.24, 2.45) is 0 Å². The van der Waals surface area contributed by atoms with E-state index in [2.05, 4.69) is 14.7 Å². The summed E-state index contributed by atoms with van der Waals surface area (Å²) in [5.74, 6) is 1.43. The number of hydrogen-bond acceptors (Lipinski definition) is 7. The Morgan fingerprint density at radius 2 is 2.00 bits per heavy atom. The van der Waals surface area contributed by atoms with Gasteiger partial charge in [0.15, 0.2) is 5.65 Å². The van der Waals surface area contributed by atoms with Gasteiger partial charge >= 0.3 is 5.69 Å². The van der Waals surface area contributed by atoms with Gasteiger partial charge in [0.1, 0.15) is 17.4 Å². The number of sulfonamides is 1. The average molecular weight is 490 g/mol. The Labute approximate surface area is 198 Å². The molecule has 0 saturated heterocycles. The van der Waals surface area contributed by atoms with Crippen molar-refractivity contribution in [1.82, 2.24) is 24.1 Å². The van der Waals surface area contributed by atoms with Crippen LogP contribution in [0.15, 0.2) is 27.9 Å². The van der Waals surface area contributed by atoms with Gasteiger partial charge < -0.3 is 9.84 Å². The minimum absolute atomic E-state index is 0.0129. The maximum Gasteiger partial charge on any atom is 0.334 e. The van der Waals surface area contributed by atoms with Gasteiger partial charge in [-0.2, -0.15) is 0 Å². The number of aromatic amines is 1. The number of fused-ring (bicyclic) bond motifs is 1. The lowest BCUT2D eigenvalue weighted by atomic mass is 10.0. The van der Waals surface area contributed by atoms with Crippen LogP contribution in [0, 0.1) is 6.92 Å². The van der Waals surface area contributed by atoms with E-state index in [0.717, 1.165) is 31.4 Å². The molecular formula is C23H31N5O5S. The van der Waals surface area contributed by atoms with Gasteiger partial charge in [-0.25, -0.2) is 32.3 Å². The molecule has 1 fully saturated rings. The van der Waals surface area contributed by atoms with Crippen LogP contribution in [0.2, 0.25) is 0 Å². The van der Waals surface area contributed by atoms with Crippen molar-refractivity contribution >= 4 is 15.7 Å². The van der Waals surface area contributed by atoms with E-state index in [1.807, 2.05) is 6.92 Å². The lowest BCUT2D eigenvalue weighted by Crippen LogP contribution is -2.36. The van der Waals surface area contributed by atoms with Crippen LogP contribution in [0.5, 0.6) is 5.75 Å². The van der Waals surface area contributed by atoms with E-state index in [4.69, 9.17) is 9.72 Å². The van der Waals surface area contributed by atoms with Crippen LogP contribution < -0.4 is 15.1 Å². The molecule has 0 bridgehead atoms. The Morgan fingerprint density at radius 3 is 2.65 bits per heavy atom. The Balaban J connectivity index is 1.87. The van der Waals surface area contributed by atoms with Crippen LogP contribution in [0.1, 0.15) is 63.4 Å². The van der Waals surface area contributed by atoms with Crippen molar-refractivity contribution in [3.8, 4) is 17.1 Å². The second-order valence-electron chi connectivity index (χ2n) is 8.58. The maximum atomic E-state index is 13.0. The summed E-state index contributed by atoms with van der Waals surface area (Å²) >= 11 is 0. The number of rotatable bonds is 9. The van der Waals surface area contributed by atoms with Crippen LogP contribution >= 0.6 is 0 Å². The molecule has 2 heterocycles. The van der Waals surface area contributed by atoms with Gasteiger partial charge in [0.25, 0.3) is 0 Å². The van der Waals surface area contributed by atoms with Crippen molar-refractivity contribution in [1.29, 1.82) is 0 Å². The third kappa shape index (κ3) is 4.59. The molecule has 3 aromatic rings. The summed E-state index contributed by atoms with van der Waals surface area (Å²) in [5.41, 5.74) is 1.26. The third-order valence-corrected chi connectivity index (χ3v) is 7.80. The summed E-state index contributed by atoms with van der Waals surface area (Å²) in [6.07, 6.45) is 4.68. The third-order valence-electron chi connectivity index (χ3n) is 6.29. The van der Waals surface area contributed by atoms with Crippen molar-refractivity contribution < 1.29 is 18.3 Å². The Bertz CT molecular complexity index is 1340. The van der Waals surface area contributed by atoms with E-state index >= 15 is 0 Å². The number of aromatic nitrogens is 4. The first-order valence-electron chi connectivity index (χ1n) is 11.7. The SMILES string of the molecule is CCOc1ccc(S(=O)(=O)NC(CC)CO)cc1-c1nc2c(C3CCCC3)nc(C)n2c(=O)[nH]1. The zero-order valence-corrected chi connectivity index (χ0v) is 20.5. The quantitative estimate of drug-likeness (QED) is 0.420. The number of H-pyrrole nitrogens is 1. The van der Waals surface area contributed by atoms with Crippen LogP contribution in [0.4, 0.5) is 0 Å². The summed E-state index contributed by atoms with van der Waals surface area (Å²) in [4.78, 5) is 25.2. The lowest BCUT2D eigenvalue weighted by molar-refractivity contribution is 0.254. The zero-order valence-electron chi connectivity index (χ0n) is 19.7. The van der Waals surface area contributed by atoms with Gasteiger partial charge in [-0.3, -0.25) is 4.98 Å². The largest absolute Gasteiger partial charge is 0.493 e. The van der Waals surface area contributed by atoms with Gasteiger partial charge in [-0.1, -0.05) is 19.8 Å². The number of hydrogen-bond donors (Lipinski definition) is 3. The van der Waals surface area contributed by atoms with E-state index < -0.39 is 21.8 Å². The number of nitrogens with zero attached hydrogens (tertiary/aromatic N) is 3. The molecule has 10 nitrogen and oxygen atoms in total. The number of aryl methyl sites for hydroxylation is 1. The second kappa shape index (κ2) is 9.85. The molecule has 1 aromatic carbocycles. The summed E-state index contributed by atoms with van der Waals surface area (Å²) in [6, 6.07) is 3.82. The molecule has 1 unspecified atom stereocenters. The van der Waals surface area contributed by atoms with E-state index in [0.29, 0.717) is 35.8 Å². The molecule has 1 atom stereocenters. The topological polar surface area (TPSA) is 139 Å². The first kappa shape index (κ1) is 24.4. The van der Waals surface area contributed by atoms with Crippen LogP contribution in [-0.2, 0) is 10.0 Å². The normalized spacial score (nSPS) is 15.8. The Kier molecular flexibility index (Phi) is 7.06. The van der Waals surface area contributed by atoms with Crippen molar-refractivity contribution in [2.45, 2.75) is 69.7 Å². The fourth-order valence-corrected chi connectivity index (χ4v) is 5.80. The number of imidazole rings is 1. The Morgan fingerprint density at radius 1 is 1.26 bits per heavy atom. The minimum atomic E-state index is -3.92. The van der Waals surface area contributed by atoms with Crippen LogP contribution in [-0.4, -0.2) is 52.1 Å². The monoisotopic (exact) mass is 489 g/mol. The van der Waals surface area contributed by atoms with E-state index in [-0.39, 0.29) is 23.2 Å². The smallest absolute Gasteiger partial charge is 0.334 e. The predicted octanol–water partition coefficient (Wildman–Crippen LogP) is 2.50. The molecule has 184 valence electrons. The maximum absolute atomic E-state index is 13.0. The van der Waals surface area contributed by atoms with Crippen molar-refractivity contribution in [3.63, 3.8) is 0 Å². The summed E-state index contributed by atoms with van der Waals surface area (Å²) in [6.45, 7) is 5.42. The fraction of sp³-hybridized carbons (Fsp3) is 0.522. The summed E-state index contributed by atoms with van der Waals surface area (Å²) in [5, 5.41) is 9.43. The molecule has 0 aliphatic heterocycles. The highest BCUT2D eigenvalue weighted by atomic mass is 32.2. The summed E-state index contributed by atoms with van der Waals surface area (Å²) < 4.78 is 35.6. The summed E-state index contributed by atoms with van der Waals surface area (Å²) in [7, 11) is -3.92. The fourth-order valence-electron chi connectivity index (χ4n) is 4.46. The molecule has 11 heteroatoms. The van der Waals surface area contributed by atoms with Crippen LogP contribution in [0.25, 0.3) is 17.0 Å². The van der Waals surface area contributed by atoms with Crippen LogP contribution in [0.3, 0.4) is 0 Å². The lowest BCUT2D eigenvalue weighted by Gasteiger charge is -2.16. The first-order chi connectivity index (χ1) is 16.3. The zero-order chi connectivity index (χ0) is 24.5. The molecule has 0 spiro atoms. The first-order valence-corrected chi connectivity index (χ1v) is 13.2. The number of benzene rings is 1. The number of aliphatic hydroxyl groups excluding tert-OH is 1. The van der Waals surface area contributed by atoms with Gasteiger partial charge in [0.05, 0.1) is 29.4 Å². The van der Waals surface area contributed by atoms with Gasteiger partial charge in [-0.05, 0) is 51.3 Å². The molecule has 2 aromatic heterocycles. The molecule has 4 rings (SSSR count). The van der Waals surface area contributed by atoms with Crippen molar-refractivity contribution in [2.75, 3.05) is 13.2 Å². The molecule has 1 aliphatic rings. The highest BCUT2D eigenvalue weighted by molar-refractivity contribution is 7.89. The van der Waals surface area contributed by atoms with Gasteiger partial charge in [0.2, 0.25) is 10.0 Å². The van der Waals surface area contributed by atoms with Gasteiger partial charge in [-0.15, -0.1) is 0 Å². The standard InChI is InChI=1S/C23H31N5O5S/c1-4-16(13-29)27-34(31,32)17-10-11-19(33-5-2)18(12-17)21-25-22-20(15-8-6-7-9-15)24-14(3)28(22)23(30)26-21/h10-12,15-16,27,29H,4-9,13H2,1-3H3,(H,25,26,30). The second-order valence-corrected chi connectivity index (χ2v) is 10.3. The average Bonchev–Trinajstić information content (AvgIpc) is 3.46. The Hall–Kier alpha value is -2.76. The molecule has 1 aliphatic carbocycles. The molecule has 0 amide bonds.